The maximum absolute atomic E-state index is 12.1. The number of quaternary nitrogens is 1. The zero-order valence-corrected chi connectivity index (χ0v) is 17.3. The molecular weight excluding hydrogens is 342 g/mol. The van der Waals surface area contributed by atoms with Gasteiger partial charge in [-0.05, 0) is 25.0 Å². The van der Waals surface area contributed by atoms with Gasteiger partial charge in [0.05, 0.1) is 20.1 Å². The maximum atomic E-state index is 12.1. The summed E-state index contributed by atoms with van der Waals surface area (Å²) in [6.07, 6.45) is 0.628. The van der Waals surface area contributed by atoms with Gasteiger partial charge in [0.1, 0.15) is 11.6 Å². The van der Waals surface area contributed by atoms with Crippen LogP contribution >= 0.6 is 0 Å². The van der Waals surface area contributed by atoms with E-state index < -0.39 is 5.60 Å². The lowest BCUT2D eigenvalue weighted by atomic mass is 9.79. The van der Waals surface area contributed by atoms with Crippen molar-refractivity contribution >= 4 is 0 Å². The predicted molar refractivity (Wildman–Crippen MR) is 117 cm³/mol. The molecule has 0 heterocycles. The summed E-state index contributed by atoms with van der Waals surface area (Å²) in [4.78, 5) is 0. The molecule has 2 nitrogen and oxygen atoms in total. The van der Waals surface area contributed by atoms with Gasteiger partial charge in [-0.15, -0.1) is 0 Å². The van der Waals surface area contributed by atoms with Crippen molar-refractivity contribution in [2.45, 2.75) is 31.9 Å². The molecule has 28 heavy (non-hydrogen) atoms. The van der Waals surface area contributed by atoms with Gasteiger partial charge in [-0.3, -0.25) is 0 Å². The first-order valence-electron chi connectivity index (χ1n) is 10.3. The van der Waals surface area contributed by atoms with Gasteiger partial charge in [-0.2, -0.15) is 0 Å². The Morgan fingerprint density at radius 2 is 1.11 bits per heavy atom. The highest BCUT2D eigenvalue weighted by atomic mass is 16.3. The highest BCUT2D eigenvalue weighted by Gasteiger charge is 2.41. The van der Waals surface area contributed by atoms with Crippen LogP contribution in [0.2, 0.25) is 0 Å². The largest absolute Gasteiger partial charge is 0.380 e. The Morgan fingerprint density at radius 3 is 1.50 bits per heavy atom. The van der Waals surface area contributed by atoms with Crippen molar-refractivity contribution in [2.75, 3.05) is 20.1 Å². The second kappa shape index (κ2) is 8.72. The molecule has 0 aliphatic rings. The summed E-state index contributed by atoms with van der Waals surface area (Å²) in [7, 11) is 2.30. The van der Waals surface area contributed by atoms with Gasteiger partial charge < -0.3 is 9.59 Å². The molecule has 146 valence electrons. The number of hydrogen-bond acceptors (Lipinski definition) is 1. The first-order valence-corrected chi connectivity index (χ1v) is 10.3. The Bertz CT molecular complexity index is 802. The average Bonchev–Trinajstić information content (AvgIpc) is 2.78. The Balaban J connectivity index is 2.14. The third-order valence-corrected chi connectivity index (χ3v) is 6.37. The maximum Gasteiger partial charge on any atom is 0.121 e. The summed E-state index contributed by atoms with van der Waals surface area (Å²) in [6.45, 7) is 6.50. The van der Waals surface area contributed by atoms with Crippen molar-refractivity contribution in [3.8, 4) is 0 Å². The Labute approximate surface area is 169 Å². The number of aliphatic hydroxyl groups is 1. The van der Waals surface area contributed by atoms with Crippen molar-refractivity contribution in [1.29, 1.82) is 0 Å². The number of hydrogen-bond donors (Lipinski definition) is 1. The molecule has 0 fully saturated rings. The molecule has 3 rings (SSSR count). The van der Waals surface area contributed by atoms with Crippen molar-refractivity contribution in [3.05, 3.63) is 108 Å². The van der Waals surface area contributed by atoms with Crippen LogP contribution in [0.25, 0.3) is 0 Å². The molecule has 3 aromatic rings. The molecule has 0 spiro atoms. The minimum absolute atomic E-state index is 0.182. The summed E-state index contributed by atoms with van der Waals surface area (Å²) < 4.78 is 0.881. The average molecular weight is 375 g/mol. The van der Waals surface area contributed by atoms with E-state index in [0.29, 0.717) is 6.42 Å². The summed E-state index contributed by atoms with van der Waals surface area (Å²) in [5.74, 6) is 0. The summed E-state index contributed by atoms with van der Waals surface area (Å²) in [5, 5.41) is 12.1. The topological polar surface area (TPSA) is 20.2 Å². The molecule has 3 aromatic carbocycles. The summed E-state index contributed by atoms with van der Waals surface area (Å²) in [6, 6.07) is 31.0. The SMILES string of the molecule is CC[N+](C)(CC)C(CC(O)(c1ccccc1)c1ccccc1)c1ccccc1. The molecule has 0 aliphatic heterocycles. The molecule has 0 radical (unpaired) electrons. The third-order valence-electron chi connectivity index (χ3n) is 6.37. The van der Waals surface area contributed by atoms with Crippen molar-refractivity contribution < 1.29 is 9.59 Å². The van der Waals surface area contributed by atoms with E-state index in [9.17, 15) is 5.11 Å². The van der Waals surface area contributed by atoms with Gasteiger partial charge in [0, 0.05) is 12.0 Å². The Morgan fingerprint density at radius 1 is 0.714 bits per heavy atom. The minimum Gasteiger partial charge on any atom is -0.380 e. The third kappa shape index (κ3) is 4.04. The van der Waals surface area contributed by atoms with Crippen LogP contribution < -0.4 is 0 Å². The van der Waals surface area contributed by atoms with Crippen LogP contribution in [0.15, 0.2) is 91.0 Å². The molecule has 1 N–H and O–H groups in total. The quantitative estimate of drug-likeness (QED) is 0.513. The van der Waals surface area contributed by atoms with E-state index in [1.807, 2.05) is 60.7 Å². The fourth-order valence-corrected chi connectivity index (χ4v) is 4.15. The normalized spacial score (nSPS) is 13.3. The first kappa shape index (κ1) is 20.3. The molecule has 0 saturated heterocycles. The Kier molecular flexibility index (Phi) is 6.33. The van der Waals surface area contributed by atoms with Gasteiger partial charge in [0.15, 0.2) is 0 Å². The number of benzene rings is 3. The van der Waals surface area contributed by atoms with Gasteiger partial charge in [-0.25, -0.2) is 0 Å². The van der Waals surface area contributed by atoms with Crippen LogP contribution in [0.5, 0.6) is 0 Å². The second-order valence-electron chi connectivity index (χ2n) is 7.83. The number of rotatable bonds is 8. The lowest BCUT2D eigenvalue weighted by Gasteiger charge is -2.44. The molecule has 0 aromatic heterocycles. The van der Waals surface area contributed by atoms with Gasteiger partial charge >= 0.3 is 0 Å². The number of nitrogens with zero attached hydrogens (tertiary/aromatic N) is 1. The Hall–Kier alpha value is -2.42. The van der Waals surface area contributed by atoms with Crippen molar-refractivity contribution in [3.63, 3.8) is 0 Å². The van der Waals surface area contributed by atoms with Crippen LogP contribution in [0.4, 0.5) is 0 Å². The fourth-order valence-electron chi connectivity index (χ4n) is 4.15. The molecule has 0 amide bonds. The van der Waals surface area contributed by atoms with Crippen LogP contribution in [-0.4, -0.2) is 29.7 Å². The molecule has 0 bridgehead atoms. The zero-order chi connectivity index (χ0) is 20.0. The lowest BCUT2D eigenvalue weighted by molar-refractivity contribution is -0.937. The highest BCUT2D eigenvalue weighted by Crippen LogP contribution is 2.42. The van der Waals surface area contributed by atoms with E-state index >= 15 is 0 Å². The van der Waals surface area contributed by atoms with Gasteiger partial charge in [0.25, 0.3) is 0 Å². The van der Waals surface area contributed by atoms with E-state index in [-0.39, 0.29) is 6.04 Å². The van der Waals surface area contributed by atoms with E-state index in [1.54, 1.807) is 0 Å². The first-order chi connectivity index (χ1) is 13.5. The standard InChI is InChI=1S/C26H32NO/c1-4-27(3,5-2)25(22-15-9-6-10-16-22)21-26(28,23-17-11-7-12-18-23)24-19-13-8-14-20-24/h6-20,25,28H,4-5,21H2,1-3H3/q+1. The van der Waals surface area contributed by atoms with E-state index in [0.717, 1.165) is 28.7 Å². The highest BCUT2D eigenvalue weighted by molar-refractivity contribution is 5.36. The predicted octanol–water partition coefficient (Wildman–Crippen LogP) is 5.54. The van der Waals surface area contributed by atoms with E-state index in [4.69, 9.17) is 0 Å². The molecule has 2 heteroatoms. The summed E-state index contributed by atoms with van der Waals surface area (Å²) in [5.41, 5.74) is 2.12. The van der Waals surface area contributed by atoms with E-state index in [1.165, 1.54) is 5.56 Å². The fraction of sp³-hybridized carbons (Fsp3) is 0.308. The minimum atomic E-state index is -1.05. The van der Waals surface area contributed by atoms with Crippen LogP contribution in [0, 0.1) is 0 Å². The van der Waals surface area contributed by atoms with Crippen molar-refractivity contribution in [2.24, 2.45) is 0 Å². The molecule has 1 unspecified atom stereocenters. The van der Waals surface area contributed by atoms with E-state index in [2.05, 4.69) is 51.2 Å². The zero-order valence-electron chi connectivity index (χ0n) is 17.3. The van der Waals surface area contributed by atoms with Crippen LogP contribution in [0.1, 0.15) is 43.0 Å². The molecule has 0 saturated carbocycles. The second-order valence-corrected chi connectivity index (χ2v) is 7.83. The van der Waals surface area contributed by atoms with Crippen molar-refractivity contribution in [1.82, 2.24) is 0 Å². The smallest absolute Gasteiger partial charge is 0.121 e. The molecular formula is C26H32NO+. The van der Waals surface area contributed by atoms with Crippen LogP contribution in [-0.2, 0) is 5.60 Å². The monoisotopic (exact) mass is 374 g/mol. The van der Waals surface area contributed by atoms with Gasteiger partial charge in [-0.1, -0.05) is 91.0 Å². The molecule has 0 aliphatic carbocycles. The summed E-state index contributed by atoms with van der Waals surface area (Å²) >= 11 is 0. The van der Waals surface area contributed by atoms with Gasteiger partial charge in [0.2, 0.25) is 0 Å². The lowest BCUT2D eigenvalue weighted by Crippen LogP contribution is -2.49. The van der Waals surface area contributed by atoms with Crippen LogP contribution in [0.3, 0.4) is 0 Å². The molecule has 1 atom stereocenters.